The lowest BCUT2D eigenvalue weighted by Crippen LogP contribution is -2.45. The summed E-state index contributed by atoms with van der Waals surface area (Å²) in [6.07, 6.45) is 1.14. The Balaban J connectivity index is 1.62. The van der Waals surface area contributed by atoms with Crippen LogP contribution in [0.4, 0.5) is 10.1 Å². The lowest BCUT2D eigenvalue weighted by Gasteiger charge is -2.31. The van der Waals surface area contributed by atoms with Gasteiger partial charge < -0.3 is 20.7 Å². The highest BCUT2D eigenvalue weighted by Crippen LogP contribution is 2.33. The lowest BCUT2D eigenvalue weighted by atomic mass is 9.90. The van der Waals surface area contributed by atoms with Gasteiger partial charge in [0, 0.05) is 25.2 Å². The zero-order valence-corrected chi connectivity index (χ0v) is 14.6. The fraction of sp³-hybridized carbons (Fsp3) is 0.444. The van der Waals surface area contributed by atoms with Crippen LogP contribution in [0.15, 0.2) is 18.2 Å². The number of hydrogen-bond donors (Lipinski definition) is 2. The molecule has 0 unspecified atom stereocenters. The van der Waals surface area contributed by atoms with Gasteiger partial charge in [-0.05, 0) is 30.5 Å². The Hall–Kier alpha value is -2.97. The number of amides is 3. The molecule has 0 radical (unpaired) electrons. The van der Waals surface area contributed by atoms with Crippen LogP contribution in [0.3, 0.4) is 0 Å². The Morgan fingerprint density at radius 3 is 2.85 bits per heavy atom. The van der Waals surface area contributed by atoms with Crippen molar-refractivity contribution in [3.8, 4) is 0 Å². The quantitative estimate of drug-likeness (QED) is 0.742. The topological polar surface area (TPSA) is 119 Å². The van der Waals surface area contributed by atoms with E-state index < -0.39 is 48.0 Å². The van der Waals surface area contributed by atoms with Crippen LogP contribution in [0.5, 0.6) is 0 Å². The van der Waals surface area contributed by atoms with E-state index in [1.165, 1.54) is 17.0 Å². The minimum Gasteiger partial charge on any atom is -0.455 e. The number of primary amides is 1. The Kier molecular flexibility index (Phi) is 5.38. The molecular formula is C18H20FN3O5. The predicted molar refractivity (Wildman–Crippen MR) is 91.8 cm³/mol. The fourth-order valence-electron chi connectivity index (χ4n) is 3.41. The number of esters is 1. The molecule has 3 amide bonds. The van der Waals surface area contributed by atoms with Crippen molar-refractivity contribution in [2.45, 2.75) is 25.2 Å². The number of carbonyl (C=O) groups excluding carboxylic acids is 4. The molecule has 1 fully saturated rings. The summed E-state index contributed by atoms with van der Waals surface area (Å²) >= 11 is 0. The van der Waals surface area contributed by atoms with Crippen molar-refractivity contribution >= 4 is 29.4 Å². The Labute approximate surface area is 154 Å². The molecule has 2 aliphatic rings. The summed E-state index contributed by atoms with van der Waals surface area (Å²) in [4.78, 5) is 49.2. The molecule has 0 saturated carbocycles. The molecule has 1 aromatic rings. The number of fused-ring (bicyclic) bond motifs is 1. The van der Waals surface area contributed by atoms with Crippen LogP contribution in [-0.4, -0.2) is 48.3 Å². The minimum absolute atomic E-state index is 0.140. The normalized spacial score (nSPS) is 21.8. The number of rotatable bonds is 4. The maximum absolute atomic E-state index is 13.3. The number of halogens is 1. The molecule has 0 aliphatic carbocycles. The first-order valence-corrected chi connectivity index (χ1v) is 8.68. The summed E-state index contributed by atoms with van der Waals surface area (Å²) < 4.78 is 18.5. The highest BCUT2D eigenvalue weighted by molar-refractivity contribution is 6.00. The second-order valence-corrected chi connectivity index (χ2v) is 6.73. The van der Waals surface area contributed by atoms with Gasteiger partial charge in [0.05, 0.1) is 11.8 Å². The summed E-state index contributed by atoms with van der Waals surface area (Å²) in [6, 6.07) is 3.74. The second-order valence-electron chi connectivity index (χ2n) is 6.73. The van der Waals surface area contributed by atoms with E-state index in [4.69, 9.17) is 10.5 Å². The van der Waals surface area contributed by atoms with Gasteiger partial charge in [-0.25, -0.2) is 4.39 Å². The summed E-state index contributed by atoms with van der Waals surface area (Å²) in [7, 11) is 0. The van der Waals surface area contributed by atoms with Gasteiger partial charge in [-0.3, -0.25) is 19.2 Å². The molecular weight excluding hydrogens is 357 g/mol. The fourth-order valence-corrected chi connectivity index (χ4v) is 3.41. The van der Waals surface area contributed by atoms with Crippen LogP contribution in [0, 0.1) is 11.7 Å². The molecule has 27 heavy (non-hydrogen) atoms. The van der Waals surface area contributed by atoms with Crippen molar-refractivity contribution in [1.82, 2.24) is 4.90 Å². The molecule has 0 bridgehead atoms. The minimum atomic E-state index is -0.901. The number of anilines is 1. The van der Waals surface area contributed by atoms with E-state index in [-0.39, 0.29) is 18.7 Å². The van der Waals surface area contributed by atoms with Gasteiger partial charge in [0.1, 0.15) is 5.82 Å². The number of carbonyl (C=O) groups is 4. The number of nitrogens with two attached hydrogens (primary N) is 1. The van der Waals surface area contributed by atoms with E-state index in [2.05, 4.69) is 5.32 Å². The average Bonchev–Trinajstić information content (AvgIpc) is 2.64. The summed E-state index contributed by atoms with van der Waals surface area (Å²) in [6.45, 7) is 0.187. The number of likely N-dealkylation sites (tertiary alicyclic amines) is 1. The first-order valence-electron chi connectivity index (χ1n) is 8.68. The molecule has 144 valence electrons. The van der Waals surface area contributed by atoms with Crippen molar-refractivity contribution in [3.05, 3.63) is 29.6 Å². The molecule has 2 aliphatic heterocycles. The first-order chi connectivity index (χ1) is 12.8. The van der Waals surface area contributed by atoms with Gasteiger partial charge in [-0.15, -0.1) is 0 Å². The third kappa shape index (κ3) is 4.24. The molecule has 9 heteroatoms. The largest absolute Gasteiger partial charge is 0.455 e. The van der Waals surface area contributed by atoms with E-state index >= 15 is 0 Å². The van der Waals surface area contributed by atoms with E-state index in [1.807, 2.05) is 0 Å². The molecule has 2 heterocycles. The third-order valence-corrected chi connectivity index (χ3v) is 4.85. The van der Waals surface area contributed by atoms with Crippen molar-refractivity contribution in [2.75, 3.05) is 25.0 Å². The summed E-state index contributed by atoms with van der Waals surface area (Å²) in [5.41, 5.74) is 5.96. The molecule has 2 atom stereocenters. The summed E-state index contributed by atoms with van der Waals surface area (Å²) in [5, 5.41) is 2.51. The lowest BCUT2D eigenvalue weighted by molar-refractivity contribution is -0.155. The molecule has 3 N–H and O–H groups in total. The van der Waals surface area contributed by atoms with Crippen LogP contribution in [0.1, 0.15) is 30.7 Å². The number of piperidine rings is 1. The maximum atomic E-state index is 13.3. The Morgan fingerprint density at radius 2 is 2.11 bits per heavy atom. The highest BCUT2D eigenvalue weighted by atomic mass is 19.1. The molecule has 1 aromatic carbocycles. The highest BCUT2D eigenvalue weighted by Gasteiger charge is 2.33. The van der Waals surface area contributed by atoms with Crippen LogP contribution in [0.25, 0.3) is 0 Å². The molecule has 0 spiro atoms. The van der Waals surface area contributed by atoms with E-state index in [9.17, 15) is 23.6 Å². The smallest absolute Gasteiger partial charge is 0.314 e. The van der Waals surface area contributed by atoms with Crippen LogP contribution in [0.2, 0.25) is 0 Å². The molecule has 8 nitrogen and oxygen atoms in total. The zero-order valence-electron chi connectivity index (χ0n) is 14.6. The van der Waals surface area contributed by atoms with E-state index in [0.717, 1.165) is 6.07 Å². The second kappa shape index (κ2) is 7.73. The van der Waals surface area contributed by atoms with Crippen molar-refractivity contribution < 1.29 is 28.3 Å². The van der Waals surface area contributed by atoms with Crippen LogP contribution in [-0.2, 0) is 23.9 Å². The molecule has 3 rings (SSSR count). The molecule has 1 saturated heterocycles. The Morgan fingerprint density at radius 1 is 1.33 bits per heavy atom. The van der Waals surface area contributed by atoms with Crippen molar-refractivity contribution in [2.24, 2.45) is 11.7 Å². The number of ether oxygens (including phenoxy) is 1. The third-order valence-electron chi connectivity index (χ3n) is 4.85. The number of hydrogen-bond acceptors (Lipinski definition) is 5. The van der Waals surface area contributed by atoms with Crippen molar-refractivity contribution in [3.63, 3.8) is 0 Å². The van der Waals surface area contributed by atoms with Gasteiger partial charge >= 0.3 is 5.97 Å². The number of benzene rings is 1. The van der Waals surface area contributed by atoms with E-state index in [0.29, 0.717) is 24.9 Å². The SMILES string of the molecule is NC(=O)[C@@H]1CCCN(C(=O)COC(=O)[C@H]2CC(=O)Nc3cc(F)ccc32)C1. The molecule has 0 aromatic heterocycles. The van der Waals surface area contributed by atoms with Gasteiger partial charge in [0.2, 0.25) is 11.8 Å². The number of nitrogens with one attached hydrogen (secondary N) is 1. The van der Waals surface area contributed by atoms with Crippen LogP contribution < -0.4 is 11.1 Å². The Bertz CT molecular complexity index is 797. The van der Waals surface area contributed by atoms with Gasteiger partial charge in [-0.1, -0.05) is 6.07 Å². The monoisotopic (exact) mass is 377 g/mol. The maximum Gasteiger partial charge on any atom is 0.314 e. The zero-order chi connectivity index (χ0) is 19.6. The van der Waals surface area contributed by atoms with E-state index in [1.54, 1.807) is 0 Å². The van der Waals surface area contributed by atoms with Gasteiger partial charge in [0.15, 0.2) is 6.61 Å². The number of nitrogens with zero attached hydrogens (tertiary/aromatic N) is 1. The average molecular weight is 377 g/mol. The van der Waals surface area contributed by atoms with Gasteiger partial charge in [0.25, 0.3) is 5.91 Å². The van der Waals surface area contributed by atoms with Crippen molar-refractivity contribution in [1.29, 1.82) is 0 Å². The first kappa shape index (κ1) is 18.8. The van der Waals surface area contributed by atoms with Gasteiger partial charge in [-0.2, -0.15) is 0 Å². The van der Waals surface area contributed by atoms with Crippen LogP contribution >= 0.6 is 0 Å². The standard InChI is InChI=1S/C18H20FN3O5/c19-11-3-4-12-13(7-15(23)21-14(12)6-11)18(26)27-9-16(24)22-5-1-2-10(8-22)17(20)25/h3-4,6,10,13H,1-2,5,7-9H2,(H2,20,25)(H,21,23)/t10-,13+/m1/s1. The summed E-state index contributed by atoms with van der Waals surface area (Å²) in [5.74, 6) is -3.87. The predicted octanol–water partition coefficient (Wildman–Crippen LogP) is 0.519.